The average molecular weight is 553 g/mol. The zero-order valence-electron chi connectivity index (χ0n) is 19.5. The van der Waals surface area contributed by atoms with E-state index in [1.54, 1.807) is 7.05 Å². The van der Waals surface area contributed by atoms with E-state index in [4.69, 9.17) is 9.47 Å². The molecule has 0 radical (unpaired) electrons. The second kappa shape index (κ2) is 13.6. The number of aliphatic imine (C=N–C) groups is 1. The summed E-state index contributed by atoms with van der Waals surface area (Å²) < 4.78 is 11.4. The Kier molecular flexibility index (Phi) is 11.3. The first kappa shape index (κ1) is 26.4. The molecule has 32 heavy (non-hydrogen) atoms. The van der Waals surface area contributed by atoms with Crippen molar-refractivity contribution in [1.29, 1.82) is 0 Å². The number of morpholine rings is 1. The van der Waals surface area contributed by atoms with Gasteiger partial charge in [-0.2, -0.15) is 0 Å². The van der Waals surface area contributed by atoms with Crippen LogP contribution in [0.1, 0.15) is 25.0 Å². The Morgan fingerprint density at radius 2 is 1.81 bits per heavy atom. The zero-order valence-corrected chi connectivity index (χ0v) is 21.8. The van der Waals surface area contributed by atoms with Gasteiger partial charge < -0.3 is 20.1 Å². The number of nitrogens with one attached hydrogen (secondary N) is 2. The van der Waals surface area contributed by atoms with Crippen LogP contribution < -0.4 is 15.4 Å². The molecule has 0 spiro atoms. The molecule has 0 aromatic heterocycles. The zero-order chi connectivity index (χ0) is 21.9. The lowest BCUT2D eigenvalue weighted by molar-refractivity contribution is 0.0322. The minimum Gasteiger partial charge on any atom is -0.492 e. The molecule has 7 heteroatoms. The van der Waals surface area contributed by atoms with Crippen molar-refractivity contribution in [3.8, 4) is 5.75 Å². The number of nitrogens with zero attached hydrogens (tertiary/aromatic N) is 2. The van der Waals surface area contributed by atoms with Crippen molar-refractivity contribution >= 4 is 29.9 Å². The highest BCUT2D eigenvalue weighted by atomic mass is 127. The number of ether oxygens (including phenoxy) is 2. The SMILES string of the molecule is CN=C(NCc1cccc(OCCN2CCOCC2)c1)NCC(C)(C)c1ccccc1.I. The van der Waals surface area contributed by atoms with Crippen LogP contribution in [0, 0.1) is 0 Å². The monoisotopic (exact) mass is 552 g/mol. The molecule has 0 saturated carbocycles. The second-order valence-electron chi connectivity index (χ2n) is 8.48. The third-order valence-corrected chi connectivity index (χ3v) is 5.61. The summed E-state index contributed by atoms with van der Waals surface area (Å²) in [5.74, 6) is 1.70. The largest absolute Gasteiger partial charge is 0.492 e. The summed E-state index contributed by atoms with van der Waals surface area (Å²) in [5, 5.41) is 6.86. The van der Waals surface area contributed by atoms with Gasteiger partial charge >= 0.3 is 0 Å². The summed E-state index contributed by atoms with van der Waals surface area (Å²) >= 11 is 0. The molecule has 6 nitrogen and oxygen atoms in total. The van der Waals surface area contributed by atoms with Gasteiger partial charge in [0.15, 0.2) is 5.96 Å². The van der Waals surface area contributed by atoms with E-state index in [-0.39, 0.29) is 29.4 Å². The summed E-state index contributed by atoms with van der Waals surface area (Å²) in [6, 6.07) is 18.8. The van der Waals surface area contributed by atoms with Gasteiger partial charge in [-0.25, -0.2) is 0 Å². The lowest BCUT2D eigenvalue weighted by Crippen LogP contribution is -2.43. The number of rotatable bonds is 9. The second-order valence-corrected chi connectivity index (χ2v) is 8.48. The van der Waals surface area contributed by atoms with Gasteiger partial charge in [-0.3, -0.25) is 9.89 Å². The van der Waals surface area contributed by atoms with Crippen molar-refractivity contribution in [2.75, 3.05) is 53.0 Å². The first-order valence-electron chi connectivity index (χ1n) is 11.1. The van der Waals surface area contributed by atoms with E-state index >= 15 is 0 Å². The van der Waals surface area contributed by atoms with Crippen LogP contribution in [0.5, 0.6) is 5.75 Å². The molecule has 0 amide bonds. The number of benzene rings is 2. The molecule has 1 heterocycles. The molecular weight excluding hydrogens is 515 g/mol. The van der Waals surface area contributed by atoms with Crippen molar-refractivity contribution in [2.24, 2.45) is 4.99 Å². The summed E-state index contributed by atoms with van der Waals surface area (Å²) in [6.07, 6.45) is 0. The van der Waals surface area contributed by atoms with Gasteiger partial charge in [0, 0.05) is 45.2 Å². The van der Waals surface area contributed by atoms with Crippen LogP contribution in [0.25, 0.3) is 0 Å². The van der Waals surface area contributed by atoms with E-state index in [9.17, 15) is 0 Å². The molecule has 0 bridgehead atoms. The fourth-order valence-electron chi connectivity index (χ4n) is 3.57. The highest BCUT2D eigenvalue weighted by Gasteiger charge is 2.20. The van der Waals surface area contributed by atoms with Gasteiger partial charge in [0.1, 0.15) is 12.4 Å². The molecule has 2 aromatic carbocycles. The molecule has 0 atom stereocenters. The maximum Gasteiger partial charge on any atom is 0.191 e. The predicted molar refractivity (Wildman–Crippen MR) is 142 cm³/mol. The summed E-state index contributed by atoms with van der Waals surface area (Å²) in [5.41, 5.74) is 2.47. The molecule has 1 aliphatic rings. The van der Waals surface area contributed by atoms with E-state index in [0.717, 1.165) is 56.7 Å². The van der Waals surface area contributed by atoms with Crippen LogP contribution in [-0.2, 0) is 16.7 Å². The maximum atomic E-state index is 5.97. The van der Waals surface area contributed by atoms with E-state index < -0.39 is 0 Å². The number of halogens is 1. The molecule has 1 aliphatic heterocycles. The van der Waals surface area contributed by atoms with Gasteiger partial charge in [0.2, 0.25) is 0 Å². The van der Waals surface area contributed by atoms with Crippen LogP contribution in [0.3, 0.4) is 0 Å². The molecule has 176 valence electrons. The summed E-state index contributed by atoms with van der Waals surface area (Å²) in [4.78, 5) is 6.75. The Morgan fingerprint density at radius 3 is 2.53 bits per heavy atom. The standard InChI is InChI=1S/C25H36N4O2.HI/c1-25(2,22-9-5-4-6-10-22)20-28-24(26-3)27-19-21-8-7-11-23(18-21)31-17-14-29-12-15-30-16-13-29;/h4-11,18H,12-17,19-20H2,1-3H3,(H2,26,27,28);1H. The highest BCUT2D eigenvalue weighted by molar-refractivity contribution is 14.0. The Morgan fingerprint density at radius 1 is 1.06 bits per heavy atom. The molecule has 1 saturated heterocycles. The van der Waals surface area contributed by atoms with Crippen molar-refractivity contribution < 1.29 is 9.47 Å². The fraction of sp³-hybridized carbons (Fsp3) is 0.480. The van der Waals surface area contributed by atoms with Crippen LogP contribution >= 0.6 is 24.0 Å². The molecular formula is C25H37IN4O2. The smallest absolute Gasteiger partial charge is 0.191 e. The molecule has 0 unspecified atom stereocenters. The van der Waals surface area contributed by atoms with Gasteiger partial charge in [-0.1, -0.05) is 56.3 Å². The molecule has 3 rings (SSSR count). The number of hydrogen-bond acceptors (Lipinski definition) is 4. The number of guanidine groups is 1. The topological polar surface area (TPSA) is 58.1 Å². The van der Waals surface area contributed by atoms with E-state index in [0.29, 0.717) is 13.2 Å². The lowest BCUT2D eigenvalue weighted by atomic mass is 9.85. The Bertz CT molecular complexity index is 824. The van der Waals surface area contributed by atoms with E-state index in [1.807, 2.05) is 18.2 Å². The maximum absolute atomic E-state index is 5.97. The first-order valence-corrected chi connectivity index (χ1v) is 11.1. The van der Waals surface area contributed by atoms with Crippen molar-refractivity contribution in [3.63, 3.8) is 0 Å². The van der Waals surface area contributed by atoms with Crippen molar-refractivity contribution in [1.82, 2.24) is 15.5 Å². The Labute approximate surface area is 209 Å². The highest BCUT2D eigenvalue weighted by Crippen LogP contribution is 2.21. The quantitative estimate of drug-likeness (QED) is 0.283. The van der Waals surface area contributed by atoms with Crippen LogP contribution in [0.4, 0.5) is 0 Å². The van der Waals surface area contributed by atoms with Gasteiger partial charge in [0.25, 0.3) is 0 Å². The third-order valence-electron chi connectivity index (χ3n) is 5.61. The van der Waals surface area contributed by atoms with Crippen LogP contribution in [-0.4, -0.2) is 63.9 Å². The normalized spacial score (nSPS) is 15.0. The Hall–Kier alpha value is -1.84. The van der Waals surface area contributed by atoms with Crippen molar-refractivity contribution in [2.45, 2.75) is 25.8 Å². The fourth-order valence-corrected chi connectivity index (χ4v) is 3.57. The minimum atomic E-state index is 0. The minimum absolute atomic E-state index is 0. The number of hydrogen-bond donors (Lipinski definition) is 2. The van der Waals surface area contributed by atoms with Crippen molar-refractivity contribution in [3.05, 3.63) is 65.7 Å². The third kappa shape index (κ3) is 8.60. The molecule has 2 N–H and O–H groups in total. The molecule has 2 aromatic rings. The summed E-state index contributed by atoms with van der Waals surface area (Å²) in [7, 11) is 1.80. The molecule has 0 aliphatic carbocycles. The lowest BCUT2D eigenvalue weighted by Gasteiger charge is -2.27. The predicted octanol–water partition coefficient (Wildman–Crippen LogP) is 3.66. The van der Waals surface area contributed by atoms with E-state index in [1.165, 1.54) is 5.56 Å². The van der Waals surface area contributed by atoms with Gasteiger partial charge in [-0.05, 0) is 23.3 Å². The van der Waals surface area contributed by atoms with Crippen LogP contribution in [0.15, 0.2) is 59.6 Å². The van der Waals surface area contributed by atoms with Crippen LogP contribution in [0.2, 0.25) is 0 Å². The molecule has 1 fully saturated rings. The average Bonchev–Trinajstić information content (AvgIpc) is 2.81. The van der Waals surface area contributed by atoms with Gasteiger partial charge in [-0.15, -0.1) is 24.0 Å². The Balaban J connectivity index is 0.00000363. The van der Waals surface area contributed by atoms with E-state index in [2.05, 4.69) is 70.8 Å². The summed E-state index contributed by atoms with van der Waals surface area (Å²) in [6.45, 7) is 11.2. The van der Waals surface area contributed by atoms with Gasteiger partial charge in [0.05, 0.1) is 13.2 Å². The first-order chi connectivity index (χ1) is 15.1.